The number of aromatic hydroxyl groups is 1. The maximum absolute atomic E-state index is 12.3. The van der Waals surface area contributed by atoms with Gasteiger partial charge in [-0.1, -0.05) is 11.6 Å². The van der Waals surface area contributed by atoms with Crippen LogP contribution in [-0.2, 0) is 36.8 Å². The summed E-state index contributed by atoms with van der Waals surface area (Å²) in [6, 6.07) is 0. The van der Waals surface area contributed by atoms with E-state index in [-0.39, 0.29) is 37.2 Å². The Kier molecular flexibility index (Phi) is 5.06. The highest BCUT2D eigenvalue weighted by Crippen LogP contribution is 2.46. The Hall–Kier alpha value is -3.03. The molecule has 3 rings (SSSR count). The first-order valence-electron chi connectivity index (χ1n) is 8.73. The van der Waals surface area contributed by atoms with Gasteiger partial charge in [-0.05, 0) is 25.3 Å². The van der Waals surface area contributed by atoms with Crippen LogP contribution in [0.2, 0.25) is 0 Å². The van der Waals surface area contributed by atoms with E-state index in [2.05, 4.69) is 0 Å². The van der Waals surface area contributed by atoms with Crippen LogP contribution in [0, 0.1) is 12.3 Å². The van der Waals surface area contributed by atoms with Crippen LogP contribution >= 0.6 is 0 Å². The number of phenolic OH excluding ortho intramolecular Hbond substituents is 1. The van der Waals surface area contributed by atoms with E-state index in [9.17, 15) is 19.5 Å². The highest BCUT2D eigenvalue weighted by Gasteiger charge is 2.51. The van der Waals surface area contributed by atoms with Gasteiger partial charge in [0.05, 0.1) is 21.3 Å². The van der Waals surface area contributed by atoms with Gasteiger partial charge < -0.3 is 24.1 Å². The van der Waals surface area contributed by atoms with E-state index in [0.29, 0.717) is 22.4 Å². The number of cyclic esters (lactones) is 1. The lowest BCUT2D eigenvalue weighted by atomic mass is 9.83. The van der Waals surface area contributed by atoms with Gasteiger partial charge in [0.2, 0.25) is 0 Å². The number of carbonyl (C=O) groups is 3. The Morgan fingerprint density at radius 2 is 1.86 bits per heavy atom. The first-order chi connectivity index (χ1) is 13.3. The van der Waals surface area contributed by atoms with Gasteiger partial charge in [-0.3, -0.25) is 9.59 Å². The maximum Gasteiger partial charge on any atom is 0.342 e. The number of phenols is 1. The van der Waals surface area contributed by atoms with Gasteiger partial charge in [-0.25, -0.2) is 4.79 Å². The fraction of sp³-hybridized carbons (Fsp3) is 0.450. The van der Waals surface area contributed by atoms with Crippen molar-refractivity contribution < 1.29 is 38.4 Å². The first-order valence-corrected chi connectivity index (χ1v) is 8.73. The van der Waals surface area contributed by atoms with Crippen molar-refractivity contribution in [2.75, 3.05) is 21.3 Å². The molecular weight excluding hydrogens is 368 g/mol. The second-order valence-electron chi connectivity index (χ2n) is 6.90. The summed E-state index contributed by atoms with van der Waals surface area (Å²) in [6.45, 7) is 1.87. The molecule has 28 heavy (non-hydrogen) atoms. The van der Waals surface area contributed by atoms with Gasteiger partial charge in [0, 0.05) is 17.5 Å². The summed E-state index contributed by atoms with van der Waals surface area (Å²) in [4.78, 5) is 36.6. The number of esters is 3. The normalized spacial score (nSPS) is 16.9. The Morgan fingerprint density at radius 1 is 1.21 bits per heavy atom. The van der Waals surface area contributed by atoms with Crippen molar-refractivity contribution >= 4 is 17.9 Å². The molecule has 0 saturated heterocycles. The van der Waals surface area contributed by atoms with Crippen molar-refractivity contribution in [1.29, 1.82) is 0 Å². The number of benzene rings is 1. The Balaban J connectivity index is 1.98. The Morgan fingerprint density at radius 3 is 2.43 bits per heavy atom. The molecule has 8 nitrogen and oxygen atoms in total. The molecule has 0 radical (unpaired) electrons. The molecule has 150 valence electrons. The molecule has 1 aliphatic carbocycles. The fourth-order valence-corrected chi connectivity index (χ4v) is 4.00. The highest BCUT2D eigenvalue weighted by atomic mass is 16.5. The van der Waals surface area contributed by atoms with Gasteiger partial charge in [0.25, 0.3) is 0 Å². The van der Waals surface area contributed by atoms with Crippen LogP contribution < -0.4 is 4.74 Å². The molecule has 8 heteroatoms. The number of hydrogen-bond donors (Lipinski definition) is 1. The van der Waals surface area contributed by atoms with Crippen LogP contribution in [0.5, 0.6) is 11.5 Å². The SMILES string of the molecule is COC(=O)C1(C(=O)OC)CC=C(Cc2c(O)c3c(c(C)c2OC)COC3=O)C1. The third-order valence-electron chi connectivity index (χ3n) is 5.47. The molecule has 2 aliphatic rings. The third kappa shape index (κ3) is 2.80. The lowest BCUT2D eigenvalue weighted by Crippen LogP contribution is -2.39. The summed E-state index contributed by atoms with van der Waals surface area (Å²) < 4.78 is 20.1. The van der Waals surface area contributed by atoms with E-state index in [1.54, 1.807) is 13.0 Å². The molecule has 1 N–H and O–H groups in total. The molecule has 0 unspecified atom stereocenters. The molecule has 0 saturated carbocycles. The zero-order chi connectivity index (χ0) is 20.6. The molecule has 1 heterocycles. The minimum Gasteiger partial charge on any atom is -0.507 e. The second-order valence-corrected chi connectivity index (χ2v) is 6.90. The number of rotatable bonds is 5. The van der Waals surface area contributed by atoms with Crippen molar-refractivity contribution in [2.24, 2.45) is 5.41 Å². The number of carbonyl (C=O) groups excluding carboxylic acids is 3. The zero-order valence-corrected chi connectivity index (χ0v) is 16.2. The van der Waals surface area contributed by atoms with Crippen LogP contribution in [0.15, 0.2) is 11.6 Å². The van der Waals surface area contributed by atoms with Crippen molar-refractivity contribution in [3.05, 3.63) is 33.9 Å². The minimum atomic E-state index is -1.44. The molecule has 1 aromatic carbocycles. The Labute approximate surface area is 162 Å². The van der Waals surface area contributed by atoms with Crippen LogP contribution in [0.25, 0.3) is 0 Å². The minimum absolute atomic E-state index is 0.0840. The highest BCUT2D eigenvalue weighted by molar-refractivity contribution is 6.01. The van der Waals surface area contributed by atoms with E-state index < -0.39 is 23.3 Å². The number of ether oxygens (including phenoxy) is 4. The number of hydrogen-bond acceptors (Lipinski definition) is 8. The molecule has 0 aromatic heterocycles. The summed E-state index contributed by atoms with van der Waals surface area (Å²) in [7, 11) is 3.91. The van der Waals surface area contributed by atoms with E-state index in [1.165, 1.54) is 21.3 Å². The van der Waals surface area contributed by atoms with Crippen LogP contribution in [0.1, 0.15) is 39.9 Å². The van der Waals surface area contributed by atoms with E-state index in [4.69, 9.17) is 18.9 Å². The average molecular weight is 390 g/mol. The Bertz CT molecular complexity index is 880. The fourth-order valence-electron chi connectivity index (χ4n) is 4.00. The smallest absolute Gasteiger partial charge is 0.342 e. The molecule has 0 amide bonds. The predicted molar refractivity (Wildman–Crippen MR) is 96.0 cm³/mol. The molecular formula is C20H22O8. The summed E-state index contributed by atoms with van der Waals surface area (Å²) >= 11 is 0. The summed E-state index contributed by atoms with van der Waals surface area (Å²) in [6.07, 6.45) is 2.19. The van der Waals surface area contributed by atoms with Crippen LogP contribution in [0.4, 0.5) is 0 Å². The van der Waals surface area contributed by atoms with Crippen molar-refractivity contribution in [2.45, 2.75) is 32.8 Å². The van der Waals surface area contributed by atoms with Gasteiger partial charge in [-0.2, -0.15) is 0 Å². The van der Waals surface area contributed by atoms with E-state index >= 15 is 0 Å². The van der Waals surface area contributed by atoms with Crippen LogP contribution in [-0.4, -0.2) is 44.3 Å². The predicted octanol–water partition coefficient (Wildman–Crippen LogP) is 1.97. The maximum atomic E-state index is 12.3. The van der Waals surface area contributed by atoms with E-state index in [1.807, 2.05) is 0 Å². The monoisotopic (exact) mass is 390 g/mol. The van der Waals surface area contributed by atoms with Crippen LogP contribution in [0.3, 0.4) is 0 Å². The summed E-state index contributed by atoms with van der Waals surface area (Å²) in [5, 5.41) is 10.7. The second kappa shape index (κ2) is 7.18. The van der Waals surface area contributed by atoms with Crippen molar-refractivity contribution in [1.82, 2.24) is 0 Å². The van der Waals surface area contributed by atoms with Gasteiger partial charge >= 0.3 is 17.9 Å². The van der Waals surface area contributed by atoms with Crippen molar-refractivity contribution in [3.8, 4) is 11.5 Å². The lowest BCUT2D eigenvalue weighted by molar-refractivity contribution is -0.168. The average Bonchev–Trinajstić information content (AvgIpc) is 3.30. The topological polar surface area (TPSA) is 108 Å². The first kappa shape index (κ1) is 19.7. The molecule has 0 fully saturated rings. The van der Waals surface area contributed by atoms with E-state index in [0.717, 1.165) is 5.57 Å². The van der Waals surface area contributed by atoms with Crippen molar-refractivity contribution in [3.63, 3.8) is 0 Å². The summed E-state index contributed by atoms with van der Waals surface area (Å²) in [5.41, 5.74) is 1.15. The molecule has 1 aromatic rings. The number of methoxy groups -OCH3 is 3. The van der Waals surface area contributed by atoms with Gasteiger partial charge in [0.1, 0.15) is 23.7 Å². The lowest BCUT2D eigenvalue weighted by Gasteiger charge is -2.23. The van der Waals surface area contributed by atoms with Gasteiger partial charge in [0.15, 0.2) is 5.41 Å². The molecule has 0 spiro atoms. The number of fused-ring (bicyclic) bond motifs is 1. The molecule has 1 aliphatic heterocycles. The zero-order valence-electron chi connectivity index (χ0n) is 16.2. The quantitative estimate of drug-likeness (QED) is 0.352. The standard InChI is InChI=1S/C20H22O8/c1-10-13-9-28-17(22)14(13)15(21)12(16(10)25-2)7-11-5-6-20(8-11,18(23)26-3)19(24)27-4/h5,21H,6-9H2,1-4H3. The number of allylic oxidation sites excluding steroid dienone is 2. The largest absolute Gasteiger partial charge is 0.507 e. The van der Waals surface area contributed by atoms with Gasteiger partial charge in [-0.15, -0.1) is 0 Å². The third-order valence-corrected chi connectivity index (χ3v) is 5.47. The summed E-state index contributed by atoms with van der Waals surface area (Å²) in [5.74, 6) is -1.68. The molecule has 0 bridgehead atoms. The molecule has 0 atom stereocenters.